The molecule has 1 aliphatic heterocycles. The second-order valence-corrected chi connectivity index (χ2v) is 9.52. The summed E-state index contributed by atoms with van der Waals surface area (Å²) in [4.78, 5) is 11.9. The van der Waals surface area contributed by atoms with Crippen LogP contribution in [-0.2, 0) is 20.6 Å². The van der Waals surface area contributed by atoms with Crippen molar-refractivity contribution < 1.29 is 30.8 Å². The van der Waals surface area contributed by atoms with Crippen molar-refractivity contribution in [1.29, 1.82) is 0 Å². The van der Waals surface area contributed by atoms with E-state index in [0.29, 0.717) is 15.5 Å². The van der Waals surface area contributed by atoms with Crippen LogP contribution in [0.2, 0.25) is 0 Å². The van der Waals surface area contributed by atoms with Gasteiger partial charge < -0.3 is 4.90 Å². The number of carbonyl (C=O) groups is 1. The number of carbonyl (C=O) groups excluding carboxylic acids is 1. The minimum Gasteiger partial charge on any atom is -0.332 e. The van der Waals surface area contributed by atoms with E-state index in [1.807, 2.05) is 30.3 Å². The number of amides is 1. The molecule has 1 aliphatic rings. The fraction of sp³-hybridized carbons (Fsp3) is 0.316. The molecule has 162 valence electrons. The Morgan fingerprint density at radius 3 is 2.20 bits per heavy atom. The normalized spacial score (nSPS) is 15.9. The van der Waals surface area contributed by atoms with Crippen LogP contribution in [0.25, 0.3) is 0 Å². The number of nitrogens with zero attached hydrogens (tertiary/aromatic N) is 2. The predicted octanol–water partition coefficient (Wildman–Crippen LogP) is 3.51. The lowest BCUT2D eigenvalue weighted by Crippen LogP contribution is -2.53. The largest absolute Gasteiger partial charge is 0.471 e. The lowest BCUT2D eigenvalue weighted by molar-refractivity contribution is -0.186. The number of thioether (sulfide) groups is 1. The molecule has 30 heavy (non-hydrogen) atoms. The van der Waals surface area contributed by atoms with E-state index in [2.05, 4.69) is 0 Å². The van der Waals surface area contributed by atoms with Gasteiger partial charge in [0.05, 0.1) is 4.90 Å². The summed E-state index contributed by atoms with van der Waals surface area (Å²) in [6, 6.07) is 13.0. The first kappa shape index (κ1) is 22.6. The molecule has 2 aromatic rings. The van der Waals surface area contributed by atoms with E-state index in [4.69, 9.17) is 0 Å². The Labute approximate surface area is 175 Å². The van der Waals surface area contributed by atoms with Gasteiger partial charge >= 0.3 is 12.1 Å². The molecule has 1 saturated heterocycles. The lowest BCUT2D eigenvalue weighted by atomic mass is 10.2. The van der Waals surface area contributed by atoms with Gasteiger partial charge in [0.2, 0.25) is 10.0 Å². The zero-order chi connectivity index (χ0) is 21.9. The molecule has 0 unspecified atom stereocenters. The molecular weight excluding hydrogens is 444 g/mol. The minimum absolute atomic E-state index is 0.278. The van der Waals surface area contributed by atoms with Crippen LogP contribution in [0.3, 0.4) is 0 Å². The number of rotatable bonds is 5. The topological polar surface area (TPSA) is 57.7 Å². The fourth-order valence-electron chi connectivity index (χ4n) is 2.95. The summed E-state index contributed by atoms with van der Waals surface area (Å²) >= 11 is 1.23. The lowest BCUT2D eigenvalue weighted by Gasteiger charge is -2.34. The van der Waals surface area contributed by atoms with Crippen LogP contribution >= 0.6 is 11.8 Å². The van der Waals surface area contributed by atoms with Gasteiger partial charge in [-0.3, -0.25) is 4.79 Å². The van der Waals surface area contributed by atoms with Crippen molar-refractivity contribution in [2.45, 2.75) is 21.7 Å². The smallest absolute Gasteiger partial charge is 0.332 e. The van der Waals surface area contributed by atoms with Crippen molar-refractivity contribution >= 4 is 27.7 Å². The highest BCUT2D eigenvalue weighted by atomic mass is 32.2. The van der Waals surface area contributed by atoms with Crippen LogP contribution < -0.4 is 0 Å². The molecule has 0 spiro atoms. The van der Waals surface area contributed by atoms with Crippen molar-refractivity contribution in [3.63, 3.8) is 0 Å². The Hall–Kier alpha value is -2.11. The zero-order valence-electron chi connectivity index (χ0n) is 15.6. The third-order valence-electron chi connectivity index (χ3n) is 4.55. The average molecular weight is 462 g/mol. The summed E-state index contributed by atoms with van der Waals surface area (Å²) in [6.07, 6.45) is -5.00. The van der Waals surface area contributed by atoms with E-state index < -0.39 is 27.9 Å². The van der Waals surface area contributed by atoms with Gasteiger partial charge in [-0.25, -0.2) is 12.8 Å². The number of hydrogen-bond donors (Lipinski definition) is 0. The van der Waals surface area contributed by atoms with Crippen LogP contribution in [0.4, 0.5) is 17.6 Å². The van der Waals surface area contributed by atoms with E-state index in [1.54, 1.807) is 0 Å². The Kier molecular flexibility index (Phi) is 6.73. The third kappa shape index (κ3) is 5.13. The zero-order valence-corrected chi connectivity index (χ0v) is 17.2. The fourth-order valence-corrected chi connectivity index (χ4v) is 5.26. The van der Waals surface area contributed by atoms with E-state index in [-0.39, 0.29) is 31.1 Å². The highest BCUT2D eigenvalue weighted by Crippen LogP contribution is 2.29. The van der Waals surface area contributed by atoms with Crippen LogP contribution in [-0.4, -0.2) is 55.9 Å². The Morgan fingerprint density at radius 1 is 1.00 bits per heavy atom. The molecule has 0 aromatic heterocycles. The van der Waals surface area contributed by atoms with Gasteiger partial charge in [-0.1, -0.05) is 30.3 Å². The van der Waals surface area contributed by atoms with Crippen molar-refractivity contribution in [1.82, 2.24) is 9.21 Å². The predicted molar refractivity (Wildman–Crippen MR) is 104 cm³/mol. The molecule has 0 bridgehead atoms. The molecule has 0 saturated carbocycles. The number of piperazine rings is 1. The van der Waals surface area contributed by atoms with Crippen molar-refractivity contribution in [3.8, 4) is 0 Å². The summed E-state index contributed by atoms with van der Waals surface area (Å²) in [5, 5.41) is 0. The quantitative estimate of drug-likeness (QED) is 0.504. The average Bonchev–Trinajstić information content (AvgIpc) is 2.72. The van der Waals surface area contributed by atoms with Crippen LogP contribution in [0.15, 0.2) is 58.3 Å². The second-order valence-electron chi connectivity index (χ2n) is 6.56. The van der Waals surface area contributed by atoms with Gasteiger partial charge in [0.15, 0.2) is 0 Å². The molecule has 0 aliphatic carbocycles. The maximum Gasteiger partial charge on any atom is 0.471 e. The first-order chi connectivity index (χ1) is 14.1. The molecule has 2 aromatic carbocycles. The molecule has 11 heteroatoms. The number of sulfonamides is 1. The van der Waals surface area contributed by atoms with Crippen molar-refractivity contribution in [3.05, 3.63) is 59.9 Å². The van der Waals surface area contributed by atoms with Crippen LogP contribution in [0.1, 0.15) is 5.56 Å². The van der Waals surface area contributed by atoms with Gasteiger partial charge in [0.1, 0.15) is 5.82 Å². The first-order valence-electron chi connectivity index (χ1n) is 8.91. The standard InChI is InChI=1S/C19H18F4N2O3S2/c20-16-12-15(6-7-17(16)29-13-14-4-2-1-3-5-14)30(27,28)25-10-8-24(9-11-25)18(26)19(21,22)23/h1-7,12H,8-11,13H2. The van der Waals surface area contributed by atoms with Gasteiger partial charge in [0, 0.05) is 36.8 Å². The minimum atomic E-state index is -5.00. The second kappa shape index (κ2) is 8.94. The van der Waals surface area contributed by atoms with E-state index in [9.17, 15) is 30.8 Å². The molecule has 5 nitrogen and oxygen atoms in total. The van der Waals surface area contributed by atoms with Gasteiger partial charge in [-0.15, -0.1) is 11.8 Å². The molecule has 0 N–H and O–H groups in total. The number of alkyl halides is 3. The molecule has 1 amide bonds. The number of halogens is 4. The first-order valence-corrected chi connectivity index (χ1v) is 11.3. The van der Waals surface area contributed by atoms with E-state index in [1.165, 1.54) is 23.9 Å². The summed E-state index contributed by atoms with van der Waals surface area (Å²) in [6.45, 7) is -1.36. The molecule has 0 atom stereocenters. The molecule has 1 fully saturated rings. The van der Waals surface area contributed by atoms with E-state index in [0.717, 1.165) is 15.9 Å². The van der Waals surface area contributed by atoms with Gasteiger partial charge in [0.25, 0.3) is 0 Å². The Bertz CT molecular complexity index is 1010. The van der Waals surface area contributed by atoms with Crippen molar-refractivity contribution in [2.24, 2.45) is 0 Å². The molecule has 1 heterocycles. The summed E-state index contributed by atoms with van der Waals surface area (Å²) in [5.41, 5.74) is 0.991. The van der Waals surface area contributed by atoms with Crippen LogP contribution in [0, 0.1) is 5.82 Å². The summed E-state index contributed by atoms with van der Waals surface area (Å²) in [7, 11) is -4.09. The van der Waals surface area contributed by atoms with Gasteiger partial charge in [-0.05, 0) is 23.8 Å². The summed E-state index contributed by atoms with van der Waals surface area (Å²) in [5.74, 6) is -2.17. The van der Waals surface area contributed by atoms with Crippen molar-refractivity contribution in [2.75, 3.05) is 26.2 Å². The molecule has 0 radical (unpaired) electrons. The monoisotopic (exact) mass is 462 g/mol. The maximum atomic E-state index is 14.5. The maximum absolute atomic E-state index is 14.5. The summed E-state index contributed by atoms with van der Waals surface area (Å²) < 4.78 is 78.4. The SMILES string of the molecule is O=C(N1CCN(S(=O)(=O)c2ccc(SCc3ccccc3)c(F)c2)CC1)C(F)(F)F. The third-order valence-corrected chi connectivity index (χ3v) is 7.56. The molecule has 3 rings (SSSR count). The highest BCUT2D eigenvalue weighted by Gasteiger charge is 2.44. The highest BCUT2D eigenvalue weighted by molar-refractivity contribution is 7.98. The number of benzene rings is 2. The van der Waals surface area contributed by atoms with E-state index >= 15 is 0 Å². The molecular formula is C19H18F4N2O3S2. The number of hydrogen-bond acceptors (Lipinski definition) is 4. The Balaban J connectivity index is 1.66. The Morgan fingerprint density at radius 2 is 1.63 bits per heavy atom. The van der Waals surface area contributed by atoms with Crippen LogP contribution in [0.5, 0.6) is 0 Å². The van der Waals surface area contributed by atoms with Gasteiger partial charge in [-0.2, -0.15) is 17.5 Å².